The van der Waals surface area contributed by atoms with E-state index in [1.54, 1.807) is 24.0 Å². The van der Waals surface area contributed by atoms with Gasteiger partial charge in [0.05, 0.1) is 5.69 Å². The predicted octanol–water partition coefficient (Wildman–Crippen LogP) is 2.12. The Bertz CT molecular complexity index is 608. The van der Waals surface area contributed by atoms with E-state index in [4.69, 9.17) is 0 Å². The highest BCUT2D eigenvalue weighted by molar-refractivity contribution is 5.91. The predicted molar refractivity (Wildman–Crippen MR) is 83.5 cm³/mol. The van der Waals surface area contributed by atoms with E-state index in [0.717, 1.165) is 12.2 Å². The Morgan fingerprint density at radius 3 is 2.43 bits per heavy atom. The lowest BCUT2D eigenvalue weighted by atomic mass is 10.1. The van der Waals surface area contributed by atoms with Gasteiger partial charge in [0.15, 0.2) is 5.69 Å². The molecule has 0 saturated heterocycles. The molecule has 5 heteroatoms. The molecule has 0 fully saturated rings. The molecule has 0 saturated carbocycles. The molecule has 0 aliphatic carbocycles. The van der Waals surface area contributed by atoms with Gasteiger partial charge >= 0.3 is 0 Å². The Morgan fingerprint density at radius 1 is 1.19 bits per heavy atom. The number of hydrogen-bond donors (Lipinski definition) is 2. The molecule has 0 bridgehead atoms. The van der Waals surface area contributed by atoms with Crippen molar-refractivity contribution in [3.63, 3.8) is 0 Å². The molecule has 0 atom stereocenters. The first-order valence-corrected chi connectivity index (χ1v) is 7.01. The summed E-state index contributed by atoms with van der Waals surface area (Å²) in [6, 6.07) is 9.83. The lowest BCUT2D eigenvalue weighted by molar-refractivity contribution is 0.0957. The summed E-state index contributed by atoms with van der Waals surface area (Å²) >= 11 is 0. The molecule has 112 valence electrons. The molecule has 0 aliphatic heterocycles. The van der Waals surface area contributed by atoms with Gasteiger partial charge in [-0.15, -0.1) is 0 Å². The molecule has 1 aromatic carbocycles. The SMILES string of the molecule is CNC(=O)c1ccn(-c2ccc(CNC(C)(C)C)cc2)n1. The number of carbonyl (C=O) groups excluding carboxylic acids is 1. The summed E-state index contributed by atoms with van der Waals surface area (Å²) in [6.45, 7) is 7.26. The minimum atomic E-state index is -0.181. The number of aromatic nitrogens is 2. The fourth-order valence-corrected chi connectivity index (χ4v) is 1.85. The van der Waals surface area contributed by atoms with Crippen molar-refractivity contribution in [3.05, 3.63) is 47.8 Å². The summed E-state index contributed by atoms with van der Waals surface area (Å²) in [5.74, 6) is -0.181. The fourth-order valence-electron chi connectivity index (χ4n) is 1.85. The van der Waals surface area contributed by atoms with Gasteiger partial charge in [0, 0.05) is 25.3 Å². The number of carbonyl (C=O) groups is 1. The van der Waals surface area contributed by atoms with E-state index in [1.165, 1.54) is 5.56 Å². The van der Waals surface area contributed by atoms with Crippen molar-refractivity contribution < 1.29 is 4.79 Å². The van der Waals surface area contributed by atoms with Crippen LogP contribution < -0.4 is 10.6 Å². The fraction of sp³-hybridized carbons (Fsp3) is 0.375. The van der Waals surface area contributed by atoms with E-state index in [2.05, 4.69) is 48.6 Å². The maximum absolute atomic E-state index is 11.5. The molecule has 0 aliphatic rings. The van der Waals surface area contributed by atoms with Gasteiger partial charge in [-0.05, 0) is 44.5 Å². The van der Waals surface area contributed by atoms with E-state index < -0.39 is 0 Å². The molecule has 2 N–H and O–H groups in total. The van der Waals surface area contributed by atoms with E-state index in [-0.39, 0.29) is 11.4 Å². The van der Waals surface area contributed by atoms with Gasteiger partial charge < -0.3 is 10.6 Å². The number of amides is 1. The number of benzene rings is 1. The second kappa shape index (κ2) is 6.10. The first-order valence-electron chi connectivity index (χ1n) is 7.01. The standard InChI is InChI=1S/C16H22N4O/c1-16(2,3)18-11-12-5-7-13(8-6-12)20-10-9-14(19-20)15(21)17-4/h5-10,18H,11H2,1-4H3,(H,17,21). The second-order valence-electron chi connectivity index (χ2n) is 5.99. The van der Waals surface area contributed by atoms with Crippen molar-refractivity contribution in [2.24, 2.45) is 0 Å². The third-order valence-corrected chi connectivity index (χ3v) is 3.07. The molecule has 1 heterocycles. The highest BCUT2D eigenvalue weighted by Gasteiger charge is 2.09. The highest BCUT2D eigenvalue weighted by Crippen LogP contribution is 2.11. The number of rotatable bonds is 4. The largest absolute Gasteiger partial charge is 0.354 e. The van der Waals surface area contributed by atoms with Crippen LogP contribution in [0.3, 0.4) is 0 Å². The van der Waals surface area contributed by atoms with Crippen LogP contribution in [0.1, 0.15) is 36.8 Å². The van der Waals surface area contributed by atoms with Crippen molar-refractivity contribution >= 4 is 5.91 Å². The maximum Gasteiger partial charge on any atom is 0.271 e. The van der Waals surface area contributed by atoms with Crippen LogP contribution in [0.4, 0.5) is 0 Å². The van der Waals surface area contributed by atoms with Crippen LogP contribution in [0.5, 0.6) is 0 Å². The van der Waals surface area contributed by atoms with Gasteiger partial charge in [-0.25, -0.2) is 4.68 Å². The third kappa shape index (κ3) is 4.16. The van der Waals surface area contributed by atoms with Crippen LogP contribution in [-0.4, -0.2) is 28.3 Å². The molecule has 1 aromatic heterocycles. The second-order valence-corrected chi connectivity index (χ2v) is 5.99. The van der Waals surface area contributed by atoms with Gasteiger partial charge in [0.25, 0.3) is 5.91 Å². The maximum atomic E-state index is 11.5. The molecule has 2 rings (SSSR count). The van der Waals surface area contributed by atoms with Crippen molar-refractivity contribution in [2.45, 2.75) is 32.9 Å². The normalized spacial score (nSPS) is 11.4. The molecule has 0 radical (unpaired) electrons. The van der Waals surface area contributed by atoms with Gasteiger partial charge in [0.1, 0.15) is 0 Å². The molecule has 5 nitrogen and oxygen atoms in total. The third-order valence-electron chi connectivity index (χ3n) is 3.07. The lowest BCUT2D eigenvalue weighted by Gasteiger charge is -2.20. The quantitative estimate of drug-likeness (QED) is 0.905. The lowest BCUT2D eigenvalue weighted by Crippen LogP contribution is -2.35. The zero-order chi connectivity index (χ0) is 15.5. The highest BCUT2D eigenvalue weighted by atomic mass is 16.1. The van der Waals surface area contributed by atoms with Crippen LogP contribution in [0, 0.1) is 0 Å². The van der Waals surface area contributed by atoms with Crippen LogP contribution in [0.25, 0.3) is 5.69 Å². The monoisotopic (exact) mass is 286 g/mol. The Balaban J connectivity index is 2.08. The first kappa shape index (κ1) is 15.3. The summed E-state index contributed by atoms with van der Waals surface area (Å²) in [4.78, 5) is 11.5. The smallest absolute Gasteiger partial charge is 0.271 e. The van der Waals surface area contributed by atoms with E-state index in [1.807, 2.05) is 12.1 Å². The number of nitrogens with one attached hydrogen (secondary N) is 2. The van der Waals surface area contributed by atoms with Crippen molar-refractivity contribution in [3.8, 4) is 5.69 Å². The average molecular weight is 286 g/mol. The van der Waals surface area contributed by atoms with Gasteiger partial charge in [0.2, 0.25) is 0 Å². The van der Waals surface area contributed by atoms with E-state index >= 15 is 0 Å². The molecule has 0 unspecified atom stereocenters. The first-order chi connectivity index (χ1) is 9.89. The molecule has 1 amide bonds. The number of hydrogen-bond acceptors (Lipinski definition) is 3. The zero-order valence-electron chi connectivity index (χ0n) is 13.0. The van der Waals surface area contributed by atoms with Crippen molar-refractivity contribution in [1.82, 2.24) is 20.4 Å². The summed E-state index contributed by atoms with van der Waals surface area (Å²) in [5.41, 5.74) is 2.66. The summed E-state index contributed by atoms with van der Waals surface area (Å²) in [5, 5.41) is 10.3. The summed E-state index contributed by atoms with van der Waals surface area (Å²) < 4.78 is 1.70. The van der Waals surface area contributed by atoms with Crippen molar-refractivity contribution in [2.75, 3.05) is 7.05 Å². The minimum Gasteiger partial charge on any atom is -0.354 e. The van der Waals surface area contributed by atoms with Crippen LogP contribution in [0.15, 0.2) is 36.5 Å². The summed E-state index contributed by atoms with van der Waals surface area (Å²) in [7, 11) is 1.60. The van der Waals surface area contributed by atoms with Crippen LogP contribution >= 0.6 is 0 Å². The molecule has 2 aromatic rings. The van der Waals surface area contributed by atoms with Gasteiger partial charge in [-0.2, -0.15) is 5.10 Å². The van der Waals surface area contributed by atoms with Crippen molar-refractivity contribution in [1.29, 1.82) is 0 Å². The average Bonchev–Trinajstić information content (AvgIpc) is 2.94. The zero-order valence-corrected chi connectivity index (χ0v) is 13.0. The molecule has 21 heavy (non-hydrogen) atoms. The van der Waals surface area contributed by atoms with E-state index in [9.17, 15) is 4.79 Å². The van der Waals surface area contributed by atoms with Gasteiger partial charge in [-0.1, -0.05) is 12.1 Å². The Labute approximate surface area is 125 Å². The van der Waals surface area contributed by atoms with Crippen LogP contribution in [0.2, 0.25) is 0 Å². The molecule has 0 spiro atoms. The molecular weight excluding hydrogens is 264 g/mol. The van der Waals surface area contributed by atoms with Crippen LogP contribution in [-0.2, 0) is 6.54 Å². The topological polar surface area (TPSA) is 59.0 Å². The van der Waals surface area contributed by atoms with E-state index in [0.29, 0.717) is 5.69 Å². The Kier molecular flexibility index (Phi) is 4.43. The minimum absolute atomic E-state index is 0.100. The number of nitrogens with zero attached hydrogens (tertiary/aromatic N) is 2. The van der Waals surface area contributed by atoms with Gasteiger partial charge in [-0.3, -0.25) is 4.79 Å². The summed E-state index contributed by atoms with van der Waals surface area (Å²) in [6.07, 6.45) is 1.78. The Morgan fingerprint density at radius 2 is 1.86 bits per heavy atom. The molecular formula is C16H22N4O. The Hall–Kier alpha value is -2.14.